The van der Waals surface area contributed by atoms with Crippen molar-refractivity contribution in [1.29, 1.82) is 0 Å². The number of benzene rings is 1. The van der Waals surface area contributed by atoms with Crippen molar-refractivity contribution < 1.29 is 0 Å². The Morgan fingerprint density at radius 3 is 2.40 bits per heavy atom. The van der Waals surface area contributed by atoms with Crippen LogP contribution in [0.1, 0.15) is 44.7 Å². The van der Waals surface area contributed by atoms with E-state index < -0.39 is 0 Å². The fourth-order valence-corrected chi connectivity index (χ4v) is 2.80. The molecular weight excluding hydrogens is 242 g/mol. The molecule has 0 bridgehead atoms. The molecule has 2 rings (SSSR count). The normalized spacial score (nSPS) is 20.3. The van der Waals surface area contributed by atoms with Gasteiger partial charge in [0.1, 0.15) is 0 Å². The van der Waals surface area contributed by atoms with E-state index in [2.05, 4.69) is 57.2 Å². The first-order chi connectivity index (χ1) is 9.58. The van der Waals surface area contributed by atoms with Gasteiger partial charge >= 0.3 is 0 Å². The van der Waals surface area contributed by atoms with E-state index in [1.807, 2.05) is 0 Å². The van der Waals surface area contributed by atoms with Crippen molar-refractivity contribution >= 4 is 0 Å². The molecule has 20 heavy (non-hydrogen) atoms. The SMILES string of the molecule is CCC(N)Cc1ccc(CC2=CC=C(C)CC2C)cc1. The maximum absolute atomic E-state index is 6.01. The van der Waals surface area contributed by atoms with Crippen molar-refractivity contribution in [2.75, 3.05) is 0 Å². The zero-order chi connectivity index (χ0) is 14.5. The minimum atomic E-state index is 0.287. The molecule has 2 N–H and O–H groups in total. The molecule has 1 aliphatic rings. The summed E-state index contributed by atoms with van der Waals surface area (Å²) in [5.41, 5.74) is 11.8. The molecule has 0 radical (unpaired) electrons. The van der Waals surface area contributed by atoms with Crippen LogP contribution < -0.4 is 5.73 Å². The van der Waals surface area contributed by atoms with Gasteiger partial charge in [0.25, 0.3) is 0 Å². The standard InChI is InChI=1S/C19H27N/c1-4-19(20)13-17-8-6-16(7-9-17)12-18-10-5-14(2)11-15(18)3/h5-10,15,19H,4,11-13,20H2,1-3H3. The van der Waals surface area contributed by atoms with E-state index in [9.17, 15) is 0 Å². The van der Waals surface area contributed by atoms with Crippen LogP contribution in [0, 0.1) is 5.92 Å². The first kappa shape index (κ1) is 15.1. The summed E-state index contributed by atoms with van der Waals surface area (Å²) in [5, 5.41) is 0. The highest BCUT2D eigenvalue weighted by Gasteiger charge is 2.13. The molecule has 1 aliphatic carbocycles. The summed E-state index contributed by atoms with van der Waals surface area (Å²) < 4.78 is 0. The fraction of sp³-hybridized carbons (Fsp3) is 0.474. The lowest BCUT2D eigenvalue weighted by atomic mass is 9.85. The van der Waals surface area contributed by atoms with E-state index >= 15 is 0 Å². The quantitative estimate of drug-likeness (QED) is 0.841. The Morgan fingerprint density at radius 2 is 1.80 bits per heavy atom. The zero-order valence-corrected chi connectivity index (χ0v) is 13.0. The molecule has 1 aromatic carbocycles. The predicted molar refractivity (Wildman–Crippen MR) is 87.7 cm³/mol. The summed E-state index contributed by atoms with van der Waals surface area (Å²) in [5.74, 6) is 0.674. The molecule has 0 aromatic heterocycles. The molecule has 1 nitrogen and oxygen atoms in total. The van der Waals surface area contributed by atoms with Gasteiger partial charge in [-0.05, 0) is 49.7 Å². The van der Waals surface area contributed by atoms with Crippen LogP contribution in [0.4, 0.5) is 0 Å². The lowest BCUT2D eigenvalue weighted by Crippen LogP contribution is -2.21. The van der Waals surface area contributed by atoms with E-state index in [4.69, 9.17) is 5.73 Å². The average molecular weight is 269 g/mol. The van der Waals surface area contributed by atoms with Crippen LogP contribution in [0.25, 0.3) is 0 Å². The second-order valence-corrected chi connectivity index (χ2v) is 6.23. The molecule has 108 valence electrons. The number of hydrogen-bond acceptors (Lipinski definition) is 1. The van der Waals surface area contributed by atoms with Crippen molar-refractivity contribution in [3.63, 3.8) is 0 Å². The Bertz CT molecular complexity index is 493. The fourth-order valence-electron chi connectivity index (χ4n) is 2.80. The molecule has 0 spiro atoms. The predicted octanol–water partition coefficient (Wildman–Crippen LogP) is 4.42. The first-order valence-electron chi connectivity index (χ1n) is 7.78. The summed E-state index contributed by atoms with van der Waals surface area (Å²) in [4.78, 5) is 0. The van der Waals surface area contributed by atoms with Crippen LogP contribution in [0.15, 0.2) is 47.6 Å². The van der Waals surface area contributed by atoms with Crippen LogP contribution in [0.5, 0.6) is 0 Å². The second kappa shape index (κ2) is 6.90. The summed E-state index contributed by atoms with van der Waals surface area (Å²) in [6.07, 6.45) is 8.88. The average Bonchev–Trinajstić information content (AvgIpc) is 2.44. The van der Waals surface area contributed by atoms with Gasteiger partial charge in [0.15, 0.2) is 0 Å². The van der Waals surface area contributed by atoms with Crippen LogP contribution >= 0.6 is 0 Å². The minimum absolute atomic E-state index is 0.287. The Labute approximate surface area is 123 Å². The number of hydrogen-bond donors (Lipinski definition) is 1. The maximum Gasteiger partial charge on any atom is 0.00766 e. The van der Waals surface area contributed by atoms with Gasteiger partial charge in [-0.1, -0.05) is 61.4 Å². The van der Waals surface area contributed by atoms with E-state index in [1.165, 1.54) is 23.1 Å². The van der Waals surface area contributed by atoms with Crippen LogP contribution in [-0.2, 0) is 12.8 Å². The topological polar surface area (TPSA) is 26.0 Å². The minimum Gasteiger partial charge on any atom is -0.327 e. The molecule has 2 atom stereocenters. The van der Waals surface area contributed by atoms with Gasteiger partial charge in [0, 0.05) is 6.04 Å². The van der Waals surface area contributed by atoms with E-state index in [1.54, 1.807) is 5.57 Å². The second-order valence-electron chi connectivity index (χ2n) is 6.23. The van der Waals surface area contributed by atoms with E-state index in [0.717, 1.165) is 19.3 Å². The highest BCUT2D eigenvalue weighted by Crippen LogP contribution is 2.27. The Kier molecular flexibility index (Phi) is 5.19. The molecule has 0 fully saturated rings. The highest BCUT2D eigenvalue weighted by atomic mass is 14.6. The Morgan fingerprint density at radius 1 is 1.15 bits per heavy atom. The van der Waals surface area contributed by atoms with Crippen LogP contribution in [0.2, 0.25) is 0 Å². The molecule has 0 saturated carbocycles. The van der Waals surface area contributed by atoms with Gasteiger partial charge in [-0.25, -0.2) is 0 Å². The van der Waals surface area contributed by atoms with Gasteiger partial charge in [-0.15, -0.1) is 0 Å². The highest BCUT2D eigenvalue weighted by molar-refractivity contribution is 5.32. The van der Waals surface area contributed by atoms with Gasteiger partial charge in [-0.2, -0.15) is 0 Å². The third-order valence-electron chi connectivity index (χ3n) is 4.30. The van der Waals surface area contributed by atoms with Gasteiger partial charge in [0.05, 0.1) is 0 Å². The van der Waals surface area contributed by atoms with Crippen molar-refractivity contribution in [2.24, 2.45) is 11.7 Å². The van der Waals surface area contributed by atoms with E-state index in [-0.39, 0.29) is 6.04 Å². The summed E-state index contributed by atoms with van der Waals surface area (Å²) >= 11 is 0. The summed E-state index contributed by atoms with van der Waals surface area (Å²) in [6.45, 7) is 6.69. The van der Waals surface area contributed by atoms with Crippen molar-refractivity contribution in [3.05, 3.63) is 58.7 Å². The molecule has 0 aliphatic heterocycles. The zero-order valence-electron chi connectivity index (χ0n) is 13.0. The molecule has 2 unspecified atom stereocenters. The third kappa shape index (κ3) is 4.08. The number of nitrogens with two attached hydrogens (primary N) is 1. The summed E-state index contributed by atoms with van der Waals surface area (Å²) in [6, 6.07) is 9.28. The van der Waals surface area contributed by atoms with Gasteiger partial charge < -0.3 is 5.73 Å². The van der Waals surface area contributed by atoms with Crippen LogP contribution in [0.3, 0.4) is 0 Å². The van der Waals surface area contributed by atoms with Gasteiger partial charge in [-0.3, -0.25) is 0 Å². The molecule has 1 heteroatoms. The molecule has 0 amide bonds. The van der Waals surface area contributed by atoms with E-state index in [0.29, 0.717) is 5.92 Å². The van der Waals surface area contributed by atoms with Crippen molar-refractivity contribution in [2.45, 2.75) is 52.5 Å². The lowest BCUT2D eigenvalue weighted by molar-refractivity contribution is 0.642. The molecule has 1 aromatic rings. The largest absolute Gasteiger partial charge is 0.327 e. The molecule has 0 heterocycles. The first-order valence-corrected chi connectivity index (χ1v) is 7.78. The number of rotatable bonds is 5. The molecule has 0 saturated heterocycles. The Hall–Kier alpha value is -1.34. The van der Waals surface area contributed by atoms with Crippen molar-refractivity contribution in [3.8, 4) is 0 Å². The smallest absolute Gasteiger partial charge is 0.00766 e. The Balaban J connectivity index is 2.00. The molecular formula is C19H27N. The summed E-state index contributed by atoms with van der Waals surface area (Å²) in [7, 11) is 0. The maximum atomic E-state index is 6.01. The lowest BCUT2D eigenvalue weighted by Gasteiger charge is -2.20. The third-order valence-corrected chi connectivity index (χ3v) is 4.30. The van der Waals surface area contributed by atoms with Crippen LogP contribution in [-0.4, -0.2) is 6.04 Å². The number of allylic oxidation sites excluding steroid dienone is 4. The monoisotopic (exact) mass is 269 g/mol. The van der Waals surface area contributed by atoms with Gasteiger partial charge in [0.2, 0.25) is 0 Å². The van der Waals surface area contributed by atoms with Crippen molar-refractivity contribution in [1.82, 2.24) is 0 Å².